The number of hydrogen-bond donors (Lipinski definition) is 1. The monoisotopic (exact) mass is 382 g/mol. The average Bonchev–Trinajstić information content (AvgIpc) is 3.40. The summed E-state index contributed by atoms with van der Waals surface area (Å²) in [4.78, 5) is 23.7. The van der Waals surface area contributed by atoms with Crippen LogP contribution in [0.3, 0.4) is 0 Å². The molecule has 3 aromatic rings. The molecule has 140 valence electrons. The predicted octanol–water partition coefficient (Wildman–Crippen LogP) is 2.90. The SMILES string of the molecule is O=C(c1ccc(CO)cc1)N1CCCC(c2nccn2Cc2cscn2)C1. The van der Waals surface area contributed by atoms with Crippen molar-refractivity contribution in [1.82, 2.24) is 19.4 Å². The first-order valence-electron chi connectivity index (χ1n) is 9.12. The van der Waals surface area contributed by atoms with Gasteiger partial charge < -0.3 is 14.6 Å². The molecular formula is C20H22N4O2S. The topological polar surface area (TPSA) is 71.2 Å². The molecule has 1 atom stereocenters. The number of aliphatic hydroxyl groups is 1. The van der Waals surface area contributed by atoms with Crippen LogP contribution in [0, 0.1) is 0 Å². The summed E-state index contributed by atoms with van der Waals surface area (Å²) in [5.41, 5.74) is 4.35. The number of nitrogens with zero attached hydrogens (tertiary/aromatic N) is 4. The molecule has 0 aliphatic carbocycles. The van der Waals surface area contributed by atoms with Gasteiger partial charge in [-0.15, -0.1) is 11.3 Å². The van der Waals surface area contributed by atoms with E-state index in [1.165, 1.54) is 0 Å². The molecule has 0 bridgehead atoms. The molecule has 6 nitrogen and oxygen atoms in total. The highest BCUT2D eigenvalue weighted by Gasteiger charge is 2.28. The van der Waals surface area contributed by atoms with Crippen molar-refractivity contribution < 1.29 is 9.90 Å². The Balaban J connectivity index is 1.48. The number of amides is 1. The van der Waals surface area contributed by atoms with Crippen LogP contribution in [0.5, 0.6) is 0 Å². The molecule has 1 unspecified atom stereocenters. The molecule has 1 aromatic carbocycles. The molecule has 0 radical (unpaired) electrons. The summed E-state index contributed by atoms with van der Waals surface area (Å²) in [5.74, 6) is 1.30. The lowest BCUT2D eigenvalue weighted by Crippen LogP contribution is -2.39. The lowest BCUT2D eigenvalue weighted by Gasteiger charge is -2.32. The van der Waals surface area contributed by atoms with E-state index in [4.69, 9.17) is 5.11 Å². The van der Waals surface area contributed by atoms with Crippen molar-refractivity contribution in [1.29, 1.82) is 0 Å². The number of thiazole rings is 1. The van der Waals surface area contributed by atoms with E-state index in [1.54, 1.807) is 35.6 Å². The Morgan fingerprint density at radius 1 is 1.26 bits per heavy atom. The average molecular weight is 382 g/mol. The molecular weight excluding hydrogens is 360 g/mol. The number of hydrogen-bond acceptors (Lipinski definition) is 5. The van der Waals surface area contributed by atoms with E-state index in [-0.39, 0.29) is 18.4 Å². The third-order valence-corrected chi connectivity index (χ3v) is 5.66. The summed E-state index contributed by atoms with van der Waals surface area (Å²) >= 11 is 1.59. The number of carbonyl (C=O) groups excluding carboxylic acids is 1. The van der Waals surface area contributed by atoms with Crippen LogP contribution in [-0.2, 0) is 13.2 Å². The lowest BCUT2D eigenvalue weighted by atomic mass is 9.96. The van der Waals surface area contributed by atoms with Crippen LogP contribution >= 0.6 is 11.3 Å². The van der Waals surface area contributed by atoms with Crippen LogP contribution in [0.4, 0.5) is 0 Å². The zero-order chi connectivity index (χ0) is 18.6. The van der Waals surface area contributed by atoms with E-state index in [0.29, 0.717) is 18.7 Å². The van der Waals surface area contributed by atoms with E-state index >= 15 is 0 Å². The zero-order valence-electron chi connectivity index (χ0n) is 15.0. The van der Waals surface area contributed by atoms with Gasteiger partial charge in [-0.3, -0.25) is 4.79 Å². The number of rotatable bonds is 5. The van der Waals surface area contributed by atoms with Crippen molar-refractivity contribution in [2.24, 2.45) is 0 Å². The summed E-state index contributed by atoms with van der Waals surface area (Å²) in [6.45, 7) is 2.15. The fourth-order valence-electron chi connectivity index (χ4n) is 3.61. The molecule has 0 spiro atoms. The lowest BCUT2D eigenvalue weighted by molar-refractivity contribution is 0.0703. The predicted molar refractivity (Wildman–Crippen MR) is 104 cm³/mol. The van der Waals surface area contributed by atoms with Crippen LogP contribution in [0.25, 0.3) is 0 Å². The zero-order valence-corrected chi connectivity index (χ0v) is 15.8. The van der Waals surface area contributed by atoms with Gasteiger partial charge in [0, 0.05) is 42.3 Å². The van der Waals surface area contributed by atoms with Crippen LogP contribution in [-0.4, -0.2) is 43.5 Å². The fraction of sp³-hybridized carbons (Fsp3) is 0.350. The molecule has 27 heavy (non-hydrogen) atoms. The number of aromatic nitrogens is 3. The number of benzene rings is 1. The van der Waals surface area contributed by atoms with Gasteiger partial charge in [-0.2, -0.15) is 0 Å². The number of piperidine rings is 1. The van der Waals surface area contributed by atoms with E-state index in [1.807, 2.05) is 22.8 Å². The van der Waals surface area contributed by atoms with Crippen LogP contribution in [0.1, 0.15) is 46.2 Å². The van der Waals surface area contributed by atoms with E-state index in [2.05, 4.69) is 19.9 Å². The van der Waals surface area contributed by atoms with E-state index in [9.17, 15) is 4.79 Å². The Bertz CT molecular complexity index is 889. The Labute approximate surface area is 162 Å². The van der Waals surface area contributed by atoms with Crippen molar-refractivity contribution in [2.45, 2.75) is 31.9 Å². The second-order valence-electron chi connectivity index (χ2n) is 6.84. The van der Waals surface area contributed by atoms with E-state index in [0.717, 1.165) is 36.5 Å². The standard InChI is InChI=1S/C20H22N4O2S/c25-12-15-3-5-16(6-4-15)20(26)24-8-1-2-17(10-24)19-21-7-9-23(19)11-18-13-27-14-22-18/h3-7,9,13-14,17,25H,1-2,8,10-12H2. The number of likely N-dealkylation sites (tertiary alicyclic amines) is 1. The van der Waals surface area contributed by atoms with E-state index < -0.39 is 0 Å². The summed E-state index contributed by atoms with van der Waals surface area (Å²) < 4.78 is 2.14. The summed E-state index contributed by atoms with van der Waals surface area (Å²) in [5, 5.41) is 11.2. The molecule has 2 aromatic heterocycles. The largest absolute Gasteiger partial charge is 0.392 e. The Hall–Kier alpha value is -2.51. The van der Waals surface area contributed by atoms with Crippen molar-refractivity contribution in [3.05, 3.63) is 70.2 Å². The molecule has 0 saturated carbocycles. The third-order valence-electron chi connectivity index (χ3n) is 5.02. The number of carbonyl (C=O) groups is 1. The van der Waals surface area contributed by atoms with Gasteiger partial charge in [0.15, 0.2) is 0 Å². The van der Waals surface area contributed by atoms with Gasteiger partial charge in [0.25, 0.3) is 5.91 Å². The van der Waals surface area contributed by atoms with Crippen molar-refractivity contribution >= 4 is 17.2 Å². The van der Waals surface area contributed by atoms with Crippen molar-refractivity contribution in [2.75, 3.05) is 13.1 Å². The quantitative estimate of drug-likeness (QED) is 0.737. The minimum atomic E-state index is -0.0120. The first-order valence-corrected chi connectivity index (χ1v) is 10.1. The van der Waals surface area contributed by atoms with Gasteiger partial charge >= 0.3 is 0 Å². The van der Waals surface area contributed by atoms with Gasteiger partial charge in [0.2, 0.25) is 0 Å². The normalized spacial score (nSPS) is 17.2. The molecule has 3 heterocycles. The Kier molecular flexibility index (Phi) is 5.31. The van der Waals surface area contributed by atoms with Crippen LogP contribution < -0.4 is 0 Å². The van der Waals surface area contributed by atoms with Gasteiger partial charge in [-0.25, -0.2) is 9.97 Å². The number of imidazole rings is 1. The smallest absolute Gasteiger partial charge is 0.253 e. The minimum absolute atomic E-state index is 0.0120. The van der Waals surface area contributed by atoms with Gasteiger partial charge in [0.05, 0.1) is 24.4 Å². The highest BCUT2D eigenvalue weighted by atomic mass is 32.1. The fourth-order valence-corrected chi connectivity index (χ4v) is 4.16. The van der Waals surface area contributed by atoms with Crippen molar-refractivity contribution in [3.8, 4) is 0 Å². The van der Waals surface area contributed by atoms with Crippen molar-refractivity contribution in [3.63, 3.8) is 0 Å². The summed E-state index contributed by atoms with van der Waals surface area (Å²) in [6.07, 6.45) is 5.81. The maximum Gasteiger partial charge on any atom is 0.253 e. The molecule has 1 aliphatic heterocycles. The molecule has 4 rings (SSSR count). The highest BCUT2D eigenvalue weighted by Crippen LogP contribution is 2.27. The summed E-state index contributed by atoms with van der Waals surface area (Å²) in [7, 11) is 0. The Morgan fingerprint density at radius 2 is 2.11 bits per heavy atom. The molecule has 1 fully saturated rings. The maximum atomic E-state index is 12.9. The van der Waals surface area contributed by atoms with Crippen LogP contribution in [0.15, 0.2) is 47.5 Å². The molecule has 1 amide bonds. The first kappa shape index (κ1) is 17.9. The molecule has 1 N–H and O–H groups in total. The Morgan fingerprint density at radius 3 is 2.85 bits per heavy atom. The minimum Gasteiger partial charge on any atom is -0.392 e. The van der Waals surface area contributed by atoms with Gasteiger partial charge in [0.1, 0.15) is 5.82 Å². The second kappa shape index (κ2) is 8.02. The van der Waals surface area contributed by atoms with Gasteiger partial charge in [-0.1, -0.05) is 12.1 Å². The highest BCUT2D eigenvalue weighted by molar-refractivity contribution is 7.07. The first-order chi connectivity index (χ1) is 13.2. The second-order valence-corrected chi connectivity index (χ2v) is 7.56. The maximum absolute atomic E-state index is 12.9. The molecule has 1 saturated heterocycles. The molecule has 1 aliphatic rings. The number of aliphatic hydroxyl groups excluding tert-OH is 1. The summed E-state index contributed by atoms with van der Waals surface area (Å²) in [6, 6.07) is 7.19. The molecule has 7 heteroatoms. The van der Waals surface area contributed by atoms with Gasteiger partial charge in [-0.05, 0) is 30.5 Å². The third kappa shape index (κ3) is 3.94. The van der Waals surface area contributed by atoms with Crippen LogP contribution in [0.2, 0.25) is 0 Å².